The molecule has 0 radical (unpaired) electrons. The molecule has 0 bridgehead atoms. The molecule has 0 aliphatic rings. The summed E-state index contributed by atoms with van der Waals surface area (Å²) in [5, 5.41) is 3.35. The number of rotatable bonds is 10. The third-order valence-electron chi connectivity index (χ3n) is 6.06. The van der Waals surface area contributed by atoms with Crippen molar-refractivity contribution in [3.63, 3.8) is 0 Å². The van der Waals surface area contributed by atoms with Gasteiger partial charge in [0.15, 0.2) is 5.82 Å². The van der Waals surface area contributed by atoms with Crippen LogP contribution in [0, 0.1) is 11.6 Å². The summed E-state index contributed by atoms with van der Waals surface area (Å²) >= 11 is 0. The Bertz CT molecular complexity index is 1610. The molecule has 0 aliphatic carbocycles. The van der Waals surface area contributed by atoms with Gasteiger partial charge in [-0.25, -0.2) is 18.6 Å². The lowest BCUT2D eigenvalue weighted by Gasteiger charge is -2.24. The Morgan fingerprint density at radius 3 is 2.51 bits per heavy atom. The molecule has 2 aromatic heterocycles. The molecule has 0 fully saturated rings. The zero-order valence-electron chi connectivity index (χ0n) is 24.1. The molecular weight excluding hydrogens is 560 g/mol. The number of fused-ring (bicyclic) bond motifs is 1. The first-order valence-electron chi connectivity index (χ1n) is 12.8. The van der Waals surface area contributed by atoms with Gasteiger partial charge in [-0.05, 0) is 45.4 Å². The Labute approximate surface area is 237 Å². The maximum absolute atomic E-state index is 15.4. The van der Waals surface area contributed by atoms with Crippen LogP contribution in [-0.2, 0) is 22.0 Å². The molecule has 0 unspecified atom stereocenters. The van der Waals surface area contributed by atoms with Gasteiger partial charge in [-0.1, -0.05) is 6.92 Å². The molecule has 0 saturated carbocycles. The molecule has 2 heterocycles. The Morgan fingerprint density at radius 2 is 1.88 bits per heavy atom. The highest BCUT2D eigenvalue weighted by molar-refractivity contribution is 7.90. The number of carbonyl (C=O) groups excluding carboxylic acids is 1. The van der Waals surface area contributed by atoms with Crippen LogP contribution in [-0.4, -0.2) is 77.6 Å². The van der Waals surface area contributed by atoms with Crippen LogP contribution in [0.1, 0.15) is 34.1 Å². The van der Waals surface area contributed by atoms with Crippen LogP contribution in [0.15, 0.2) is 29.2 Å². The average molecular weight is 596 g/mol. The fourth-order valence-electron chi connectivity index (χ4n) is 3.72. The number of aryl methyl sites for hydroxylation is 1. The molecular formula is C26H35F2N7O5S. The highest BCUT2D eigenvalue weighted by Gasteiger charge is 2.24. The number of amides is 1. The lowest BCUT2D eigenvalue weighted by atomic mass is 10.0. The summed E-state index contributed by atoms with van der Waals surface area (Å²) in [6.07, 6.45) is 1.52. The summed E-state index contributed by atoms with van der Waals surface area (Å²) in [6.45, 7) is 7.91. The molecule has 15 heteroatoms. The molecule has 12 nitrogen and oxygen atoms in total. The van der Waals surface area contributed by atoms with Crippen molar-refractivity contribution in [2.75, 3.05) is 43.8 Å². The van der Waals surface area contributed by atoms with E-state index in [4.69, 9.17) is 4.74 Å². The molecule has 41 heavy (non-hydrogen) atoms. The Balaban J connectivity index is 1.84. The summed E-state index contributed by atoms with van der Waals surface area (Å²) in [4.78, 5) is 35.3. The van der Waals surface area contributed by atoms with E-state index in [9.17, 15) is 22.4 Å². The van der Waals surface area contributed by atoms with Gasteiger partial charge in [0.05, 0.1) is 16.8 Å². The fraction of sp³-hybridized carbons (Fsp3) is 0.462. The summed E-state index contributed by atoms with van der Waals surface area (Å²) in [5.41, 5.74) is -2.63. The summed E-state index contributed by atoms with van der Waals surface area (Å²) < 4.78 is 64.6. The van der Waals surface area contributed by atoms with Gasteiger partial charge >= 0.3 is 16.3 Å². The van der Waals surface area contributed by atoms with Gasteiger partial charge in [0, 0.05) is 52.4 Å². The molecule has 0 aliphatic heterocycles. The standard InChI is InChI=1S/C26H35F2N7O5S/c1-8-34(6)41(38,39)32-19-11-10-18(27)20(21(19)28)17-14-16-15-30-24(31-22(16)35(7)23(17)36)29-12-9-13-33(5)25(37)40-26(2,3)4/h10-11,14-15,32H,8-9,12-13H2,1-7H3,(H,29,30,31). The summed E-state index contributed by atoms with van der Waals surface area (Å²) in [5.74, 6) is -2.06. The SMILES string of the molecule is CCN(C)S(=O)(=O)Nc1ccc(F)c(-c2cc3cnc(NCCCN(C)C(=O)OC(C)(C)C)nc3n(C)c2=O)c1F. The average Bonchev–Trinajstić information content (AvgIpc) is 2.89. The Kier molecular flexibility index (Phi) is 9.54. The van der Waals surface area contributed by atoms with Gasteiger partial charge in [0.1, 0.15) is 17.1 Å². The maximum atomic E-state index is 15.4. The zero-order valence-corrected chi connectivity index (χ0v) is 24.9. The van der Waals surface area contributed by atoms with Crippen molar-refractivity contribution in [2.24, 2.45) is 7.05 Å². The molecule has 1 amide bonds. The second-order valence-electron chi connectivity index (χ2n) is 10.4. The van der Waals surface area contributed by atoms with Gasteiger partial charge in [0.2, 0.25) is 5.95 Å². The predicted octanol–water partition coefficient (Wildman–Crippen LogP) is 3.55. The number of aromatic nitrogens is 3. The van der Waals surface area contributed by atoms with Crippen molar-refractivity contribution in [1.29, 1.82) is 0 Å². The van der Waals surface area contributed by atoms with Gasteiger partial charge in [-0.3, -0.25) is 14.1 Å². The molecule has 0 atom stereocenters. The first-order chi connectivity index (χ1) is 19.1. The van der Waals surface area contributed by atoms with Crippen molar-refractivity contribution in [2.45, 2.75) is 39.7 Å². The highest BCUT2D eigenvalue weighted by Crippen LogP contribution is 2.31. The number of anilines is 2. The van der Waals surface area contributed by atoms with Crippen molar-refractivity contribution in [3.8, 4) is 11.1 Å². The van der Waals surface area contributed by atoms with E-state index in [0.29, 0.717) is 24.9 Å². The normalized spacial score (nSPS) is 12.0. The minimum atomic E-state index is -4.10. The van der Waals surface area contributed by atoms with Crippen LogP contribution in [0.4, 0.5) is 25.2 Å². The van der Waals surface area contributed by atoms with E-state index in [-0.39, 0.29) is 23.7 Å². The number of halogens is 2. The van der Waals surface area contributed by atoms with Crippen LogP contribution in [0.3, 0.4) is 0 Å². The maximum Gasteiger partial charge on any atom is 0.410 e. The van der Waals surface area contributed by atoms with E-state index in [2.05, 4.69) is 20.0 Å². The van der Waals surface area contributed by atoms with E-state index in [1.165, 1.54) is 31.3 Å². The van der Waals surface area contributed by atoms with E-state index in [1.54, 1.807) is 34.7 Å². The molecule has 2 N–H and O–H groups in total. The van der Waals surface area contributed by atoms with Gasteiger partial charge in [-0.15, -0.1) is 0 Å². The number of nitrogens with zero attached hydrogens (tertiary/aromatic N) is 5. The number of pyridine rings is 1. The second-order valence-corrected chi connectivity index (χ2v) is 12.2. The third-order valence-corrected chi connectivity index (χ3v) is 7.62. The largest absolute Gasteiger partial charge is 0.444 e. The predicted molar refractivity (Wildman–Crippen MR) is 153 cm³/mol. The first-order valence-corrected chi connectivity index (χ1v) is 14.3. The summed E-state index contributed by atoms with van der Waals surface area (Å²) in [7, 11) is 0.239. The second kappa shape index (κ2) is 12.3. The van der Waals surface area contributed by atoms with Gasteiger partial charge < -0.3 is 15.0 Å². The van der Waals surface area contributed by atoms with Gasteiger partial charge in [0.25, 0.3) is 5.56 Å². The molecule has 3 aromatic rings. The number of carbonyl (C=O) groups is 1. The minimum absolute atomic E-state index is 0.121. The lowest BCUT2D eigenvalue weighted by Crippen LogP contribution is -2.35. The smallest absolute Gasteiger partial charge is 0.410 e. The van der Waals surface area contributed by atoms with Crippen LogP contribution < -0.4 is 15.6 Å². The summed E-state index contributed by atoms with van der Waals surface area (Å²) in [6, 6.07) is 3.10. The number of hydrogen-bond acceptors (Lipinski definition) is 8. The van der Waals surface area contributed by atoms with Crippen molar-refractivity contribution < 1.29 is 26.7 Å². The van der Waals surface area contributed by atoms with Crippen LogP contribution >= 0.6 is 0 Å². The lowest BCUT2D eigenvalue weighted by molar-refractivity contribution is 0.0298. The van der Waals surface area contributed by atoms with Crippen molar-refractivity contribution in [3.05, 3.63) is 46.4 Å². The Morgan fingerprint density at radius 1 is 1.20 bits per heavy atom. The number of nitrogens with one attached hydrogen (secondary N) is 2. The van der Waals surface area contributed by atoms with E-state index < -0.39 is 50.3 Å². The third kappa shape index (κ3) is 7.47. The Hall–Kier alpha value is -3.85. The number of hydrogen-bond donors (Lipinski definition) is 2. The van der Waals surface area contributed by atoms with E-state index in [1.807, 2.05) is 0 Å². The van der Waals surface area contributed by atoms with Gasteiger partial charge in [-0.2, -0.15) is 17.7 Å². The molecule has 224 valence electrons. The monoisotopic (exact) mass is 595 g/mol. The molecule has 1 aromatic carbocycles. The van der Waals surface area contributed by atoms with E-state index in [0.717, 1.165) is 21.0 Å². The molecule has 0 saturated heterocycles. The zero-order chi connectivity index (χ0) is 30.7. The van der Waals surface area contributed by atoms with Crippen LogP contribution in [0.25, 0.3) is 22.2 Å². The topological polar surface area (TPSA) is 139 Å². The molecule has 3 rings (SSSR count). The van der Waals surface area contributed by atoms with Crippen molar-refractivity contribution >= 4 is 39.0 Å². The van der Waals surface area contributed by atoms with E-state index >= 15 is 4.39 Å². The number of ether oxygens (including phenoxy) is 1. The highest BCUT2D eigenvalue weighted by atomic mass is 32.2. The van der Waals surface area contributed by atoms with Crippen LogP contribution in [0.5, 0.6) is 0 Å². The number of benzene rings is 1. The van der Waals surface area contributed by atoms with Crippen molar-refractivity contribution in [1.82, 2.24) is 23.7 Å². The molecule has 0 spiro atoms. The van der Waals surface area contributed by atoms with Crippen LogP contribution in [0.2, 0.25) is 0 Å². The first kappa shape index (κ1) is 31.7. The minimum Gasteiger partial charge on any atom is -0.444 e. The quantitative estimate of drug-likeness (QED) is 0.340. The fourth-order valence-corrected chi connectivity index (χ4v) is 4.65.